The molecule has 4 rings (SSSR count). The Balaban J connectivity index is 1.54. The molecule has 1 fully saturated rings. The zero-order chi connectivity index (χ0) is 22.7. The fourth-order valence-electron chi connectivity index (χ4n) is 4.10. The zero-order valence-electron chi connectivity index (χ0n) is 18.5. The molecule has 0 saturated carbocycles. The van der Waals surface area contributed by atoms with E-state index >= 15 is 0 Å². The molecule has 2 heterocycles. The number of anilines is 1. The number of fused-ring (bicyclic) bond motifs is 1. The molecule has 0 unspecified atom stereocenters. The molecular weight excluding hydrogens is 404 g/mol. The first kappa shape index (κ1) is 21.8. The van der Waals surface area contributed by atoms with E-state index in [2.05, 4.69) is 27.7 Å². The Morgan fingerprint density at radius 3 is 2.41 bits per heavy atom. The van der Waals surface area contributed by atoms with Gasteiger partial charge in [0, 0.05) is 49.2 Å². The lowest BCUT2D eigenvalue weighted by atomic mass is 9.93. The van der Waals surface area contributed by atoms with Gasteiger partial charge in [-0.25, -0.2) is 0 Å². The maximum atomic E-state index is 12.5. The van der Waals surface area contributed by atoms with Crippen molar-refractivity contribution in [2.45, 2.75) is 25.8 Å². The minimum absolute atomic E-state index is 0.192. The average Bonchev–Trinajstić information content (AvgIpc) is 2.79. The Labute approximate surface area is 188 Å². The highest BCUT2D eigenvalue weighted by Crippen LogP contribution is 2.26. The van der Waals surface area contributed by atoms with E-state index in [-0.39, 0.29) is 5.91 Å². The summed E-state index contributed by atoms with van der Waals surface area (Å²) in [5.74, 6) is -1.15. The van der Waals surface area contributed by atoms with Gasteiger partial charge in [-0.15, -0.1) is 0 Å². The molecule has 0 spiro atoms. The third-order valence-electron chi connectivity index (χ3n) is 5.87. The molecule has 32 heavy (non-hydrogen) atoms. The summed E-state index contributed by atoms with van der Waals surface area (Å²) in [7, 11) is 3.32. The molecular formula is C25H28N4O3. The Morgan fingerprint density at radius 2 is 1.72 bits per heavy atom. The molecule has 0 atom stereocenters. The number of piperidine rings is 1. The van der Waals surface area contributed by atoms with Crippen LogP contribution in [0.3, 0.4) is 0 Å². The number of amides is 3. The normalized spacial score (nSPS) is 17.6. The van der Waals surface area contributed by atoms with Gasteiger partial charge in [0.1, 0.15) is 0 Å². The van der Waals surface area contributed by atoms with Crippen LogP contribution in [0.1, 0.15) is 51.1 Å². The van der Waals surface area contributed by atoms with Crippen molar-refractivity contribution in [3.63, 3.8) is 0 Å². The third kappa shape index (κ3) is 4.73. The minimum Gasteiger partial charge on any atom is -0.361 e. The van der Waals surface area contributed by atoms with E-state index in [1.54, 1.807) is 38.5 Å². The van der Waals surface area contributed by atoms with Crippen molar-refractivity contribution < 1.29 is 14.4 Å². The second kappa shape index (κ2) is 9.36. The second-order valence-corrected chi connectivity index (χ2v) is 8.48. The minimum atomic E-state index is -0.494. The first-order chi connectivity index (χ1) is 15.4. The SMILES string of the molecule is CN(C)C(=O)c1ccc2c(c1)/C(=C/Nc1ccc(CN3CCCCC3)cc1)C(=O)NC2=O. The molecule has 1 saturated heterocycles. The number of benzene rings is 2. The number of carbonyl (C=O) groups excluding carboxylic acids is 3. The molecule has 2 aliphatic heterocycles. The standard InChI is InChI=1S/C25H28N4O3/c1-28(2)25(32)18-8-11-20-21(14-18)22(24(31)27-23(20)30)15-26-19-9-6-17(7-10-19)16-29-12-4-3-5-13-29/h6-11,14-15,26H,3-5,12-13,16H2,1-2H3,(H,27,30,31)/b22-15-. The number of likely N-dealkylation sites (tertiary alicyclic amines) is 1. The van der Waals surface area contributed by atoms with Crippen molar-refractivity contribution in [2.24, 2.45) is 0 Å². The number of imide groups is 1. The van der Waals surface area contributed by atoms with Gasteiger partial charge in [0.05, 0.1) is 5.57 Å². The summed E-state index contributed by atoms with van der Waals surface area (Å²) in [5, 5.41) is 5.52. The van der Waals surface area contributed by atoms with Crippen LogP contribution < -0.4 is 10.6 Å². The van der Waals surface area contributed by atoms with Crippen molar-refractivity contribution in [3.8, 4) is 0 Å². The molecule has 0 bridgehead atoms. The van der Waals surface area contributed by atoms with Crippen LogP contribution in [0.5, 0.6) is 0 Å². The Kier molecular flexibility index (Phi) is 6.37. The predicted molar refractivity (Wildman–Crippen MR) is 124 cm³/mol. The average molecular weight is 433 g/mol. The van der Waals surface area contributed by atoms with E-state index in [4.69, 9.17) is 0 Å². The van der Waals surface area contributed by atoms with Crippen molar-refractivity contribution in [1.82, 2.24) is 15.1 Å². The van der Waals surface area contributed by atoms with Gasteiger partial charge in [-0.05, 0) is 61.8 Å². The first-order valence-electron chi connectivity index (χ1n) is 10.9. The molecule has 166 valence electrons. The number of carbonyl (C=O) groups is 3. The highest BCUT2D eigenvalue weighted by molar-refractivity contribution is 6.31. The molecule has 2 aromatic carbocycles. The van der Waals surface area contributed by atoms with Crippen LogP contribution in [0.4, 0.5) is 5.69 Å². The smallest absolute Gasteiger partial charge is 0.260 e. The largest absolute Gasteiger partial charge is 0.361 e. The van der Waals surface area contributed by atoms with Gasteiger partial charge in [-0.2, -0.15) is 0 Å². The van der Waals surface area contributed by atoms with E-state index in [9.17, 15) is 14.4 Å². The topological polar surface area (TPSA) is 81.8 Å². The Morgan fingerprint density at radius 1 is 1.00 bits per heavy atom. The quantitative estimate of drug-likeness (QED) is 0.561. The Bertz CT molecular complexity index is 1070. The number of hydrogen-bond donors (Lipinski definition) is 2. The summed E-state index contributed by atoms with van der Waals surface area (Å²) >= 11 is 0. The van der Waals surface area contributed by atoms with Crippen LogP contribution in [0, 0.1) is 0 Å². The first-order valence-corrected chi connectivity index (χ1v) is 10.9. The predicted octanol–water partition coefficient (Wildman–Crippen LogP) is 3.10. The van der Waals surface area contributed by atoms with Crippen LogP contribution in [0.2, 0.25) is 0 Å². The van der Waals surface area contributed by atoms with Gasteiger partial charge in [-0.3, -0.25) is 24.6 Å². The molecule has 0 aromatic heterocycles. The lowest BCUT2D eigenvalue weighted by Crippen LogP contribution is -2.37. The molecule has 2 aromatic rings. The number of rotatable bonds is 5. The molecule has 2 aliphatic rings. The van der Waals surface area contributed by atoms with Crippen molar-refractivity contribution >= 4 is 29.0 Å². The van der Waals surface area contributed by atoms with E-state index < -0.39 is 11.8 Å². The van der Waals surface area contributed by atoms with Gasteiger partial charge < -0.3 is 10.2 Å². The van der Waals surface area contributed by atoms with Crippen LogP contribution in [-0.4, -0.2) is 54.7 Å². The molecule has 7 heteroatoms. The van der Waals surface area contributed by atoms with Crippen molar-refractivity contribution in [2.75, 3.05) is 32.5 Å². The summed E-state index contributed by atoms with van der Waals surface area (Å²) in [6.45, 7) is 3.25. The lowest BCUT2D eigenvalue weighted by Gasteiger charge is -2.26. The Hall–Kier alpha value is -3.45. The van der Waals surface area contributed by atoms with E-state index in [1.807, 2.05) is 12.1 Å². The van der Waals surface area contributed by atoms with E-state index in [0.717, 1.165) is 25.3 Å². The van der Waals surface area contributed by atoms with Crippen molar-refractivity contribution in [1.29, 1.82) is 0 Å². The summed E-state index contributed by atoms with van der Waals surface area (Å²) in [5.41, 5.74) is 3.63. The second-order valence-electron chi connectivity index (χ2n) is 8.48. The molecule has 2 N–H and O–H groups in total. The van der Waals surface area contributed by atoms with Crippen LogP contribution in [0.25, 0.3) is 5.57 Å². The van der Waals surface area contributed by atoms with E-state index in [1.165, 1.54) is 29.7 Å². The summed E-state index contributed by atoms with van der Waals surface area (Å²) in [6.07, 6.45) is 5.44. The van der Waals surface area contributed by atoms with E-state index in [0.29, 0.717) is 22.3 Å². The zero-order valence-corrected chi connectivity index (χ0v) is 18.5. The van der Waals surface area contributed by atoms with Crippen LogP contribution in [0.15, 0.2) is 48.7 Å². The van der Waals surface area contributed by atoms with Gasteiger partial charge in [0.25, 0.3) is 17.7 Å². The number of hydrogen-bond acceptors (Lipinski definition) is 5. The van der Waals surface area contributed by atoms with Gasteiger partial charge >= 0.3 is 0 Å². The summed E-state index contributed by atoms with van der Waals surface area (Å²) in [4.78, 5) is 41.1. The summed E-state index contributed by atoms with van der Waals surface area (Å²) in [6, 6.07) is 12.9. The third-order valence-corrected chi connectivity index (χ3v) is 5.87. The lowest BCUT2D eigenvalue weighted by molar-refractivity contribution is -0.114. The van der Waals surface area contributed by atoms with Gasteiger partial charge in [-0.1, -0.05) is 18.6 Å². The maximum absolute atomic E-state index is 12.5. The molecule has 0 radical (unpaired) electrons. The van der Waals surface area contributed by atoms with Crippen molar-refractivity contribution in [3.05, 3.63) is 70.9 Å². The monoisotopic (exact) mass is 432 g/mol. The van der Waals surface area contributed by atoms with Crippen LogP contribution >= 0.6 is 0 Å². The number of nitrogens with one attached hydrogen (secondary N) is 2. The molecule has 0 aliphatic carbocycles. The van der Waals surface area contributed by atoms with Gasteiger partial charge in [0.2, 0.25) is 0 Å². The fraction of sp³-hybridized carbons (Fsp3) is 0.320. The molecule has 7 nitrogen and oxygen atoms in total. The fourth-order valence-corrected chi connectivity index (χ4v) is 4.10. The maximum Gasteiger partial charge on any atom is 0.260 e. The summed E-state index contributed by atoms with van der Waals surface area (Å²) < 4.78 is 0. The van der Waals surface area contributed by atoms with Crippen LogP contribution in [-0.2, 0) is 11.3 Å². The number of nitrogens with zero attached hydrogens (tertiary/aromatic N) is 2. The highest BCUT2D eigenvalue weighted by atomic mass is 16.2. The highest BCUT2D eigenvalue weighted by Gasteiger charge is 2.28. The molecule has 3 amide bonds. The van der Waals surface area contributed by atoms with Gasteiger partial charge in [0.15, 0.2) is 0 Å².